The predicted octanol–water partition coefficient (Wildman–Crippen LogP) is 7.99. The molecule has 10 nitrogen and oxygen atoms in total. The van der Waals surface area contributed by atoms with E-state index in [1.165, 1.54) is 11.3 Å². The summed E-state index contributed by atoms with van der Waals surface area (Å²) in [6, 6.07) is 20.6. The minimum atomic E-state index is -0.607. The van der Waals surface area contributed by atoms with Crippen LogP contribution in [-0.2, 0) is 21.7 Å². The van der Waals surface area contributed by atoms with E-state index in [1.54, 1.807) is 4.90 Å². The molecule has 272 valence electrons. The summed E-state index contributed by atoms with van der Waals surface area (Å²) in [6.07, 6.45) is 6.99. The van der Waals surface area contributed by atoms with E-state index in [2.05, 4.69) is 74.9 Å². The molecule has 2 saturated carbocycles. The molecular weight excluding hydrogens is 665 g/mol. The van der Waals surface area contributed by atoms with E-state index in [0.717, 1.165) is 96.7 Å². The average Bonchev–Trinajstić information content (AvgIpc) is 3.81. The lowest BCUT2D eigenvalue weighted by molar-refractivity contribution is -0.136. The molecular formula is C43H46N6O4. The Morgan fingerprint density at radius 1 is 0.962 bits per heavy atom. The molecule has 53 heavy (non-hydrogen) atoms. The highest BCUT2D eigenvalue weighted by molar-refractivity contribution is 6.05. The number of nitrogens with one attached hydrogen (secondary N) is 2. The van der Waals surface area contributed by atoms with Gasteiger partial charge in [0.05, 0.1) is 5.69 Å². The number of amides is 3. The fourth-order valence-electron chi connectivity index (χ4n) is 8.65. The van der Waals surface area contributed by atoms with Crippen LogP contribution in [0.25, 0.3) is 16.0 Å². The molecule has 3 fully saturated rings. The Bertz CT molecular complexity index is 2100. The summed E-state index contributed by atoms with van der Waals surface area (Å²) >= 11 is 0. The molecule has 1 saturated heterocycles. The van der Waals surface area contributed by atoms with Crippen molar-refractivity contribution in [3.63, 3.8) is 0 Å². The van der Waals surface area contributed by atoms with Crippen LogP contribution in [-0.4, -0.2) is 46.9 Å². The summed E-state index contributed by atoms with van der Waals surface area (Å²) in [5.74, 6) is 1.07. The predicted molar refractivity (Wildman–Crippen MR) is 204 cm³/mol. The number of anilines is 3. The van der Waals surface area contributed by atoms with Crippen molar-refractivity contribution in [1.82, 2.24) is 15.4 Å². The lowest BCUT2D eigenvalue weighted by Crippen LogP contribution is -2.52. The van der Waals surface area contributed by atoms with Crippen molar-refractivity contribution in [3.05, 3.63) is 106 Å². The normalized spacial score (nSPS) is 21.9. The van der Waals surface area contributed by atoms with Crippen molar-refractivity contribution in [2.24, 2.45) is 11.8 Å². The third-order valence-electron chi connectivity index (χ3n) is 12.0. The Hall–Kier alpha value is -5.43. The number of nitrogens with zero attached hydrogens (tertiary/aromatic N) is 4. The van der Waals surface area contributed by atoms with Crippen LogP contribution in [0.3, 0.4) is 0 Å². The second kappa shape index (κ2) is 13.8. The monoisotopic (exact) mass is 710 g/mol. The van der Waals surface area contributed by atoms with Gasteiger partial charge in [0.2, 0.25) is 11.8 Å². The van der Waals surface area contributed by atoms with E-state index in [4.69, 9.17) is 11.1 Å². The van der Waals surface area contributed by atoms with E-state index in [9.17, 15) is 14.4 Å². The van der Waals surface area contributed by atoms with E-state index in [0.29, 0.717) is 30.4 Å². The summed E-state index contributed by atoms with van der Waals surface area (Å²) < 4.78 is 5.53. The van der Waals surface area contributed by atoms with Gasteiger partial charge in [-0.25, -0.2) is 6.57 Å². The van der Waals surface area contributed by atoms with Crippen molar-refractivity contribution in [1.29, 1.82) is 0 Å². The molecule has 3 aromatic carbocycles. The van der Waals surface area contributed by atoms with Crippen LogP contribution in [0.5, 0.6) is 0 Å². The molecule has 0 bridgehead atoms. The Kier molecular flexibility index (Phi) is 9.05. The Balaban J connectivity index is 0.937. The third kappa shape index (κ3) is 6.69. The van der Waals surface area contributed by atoms with Crippen LogP contribution in [0.15, 0.2) is 65.2 Å². The first-order valence-electron chi connectivity index (χ1n) is 18.9. The van der Waals surface area contributed by atoms with E-state index >= 15 is 0 Å². The number of aryl methyl sites for hydroxylation is 3. The van der Waals surface area contributed by atoms with Crippen LogP contribution in [0.4, 0.5) is 17.1 Å². The lowest BCUT2D eigenvalue weighted by atomic mass is 9.81. The molecule has 8 rings (SSSR count). The molecule has 1 aromatic heterocycles. The van der Waals surface area contributed by atoms with Crippen molar-refractivity contribution in [3.8, 4) is 11.1 Å². The van der Waals surface area contributed by atoms with Crippen LogP contribution >= 0.6 is 0 Å². The number of piperidine rings is 1. The van der Waals surface area contributed by atoms with Crippen molar-refractivity contribution in [2.75, 3.05) is 23.3 Å². The van der Waals surface area contributed by atoms with Gasteiger partial charge in [0, 0.05) is 72.6 Å². The van der Waals surface area contributed by atoms with Gasteiger partial charge in [-0.15, -0.1) is 0 Å². The maximum atomic E-state index is 13.1. The van der Waals surface area contributed by atoms with E-state index in [-0.39, 0.29) is 29.7 Å². The molecule has 1 unspecified atom stereocenters. The molecule has 0 radical (unpaired) electrons. The van der Waals surface area contributed by atoms with Gasteiger partial charge in [-0.3, -0.25) is 19.7 Å². The first-order valence-corrected chi connectivity index (χ1v) is 18.9. The molecule has 0 spiro atoms. The molecule has 10 heteroatoms. The Labute approximate surface area is 310 Å². The fraction of sp³-hybridized carbons (Fsp3) is 0.419. The highest BCUT2D eigenvalue weighted by atomic mass is 16.5. The molecule has 4 aliphatic rings. The summed E-state index contributed by atoms with van der Waals surface area (Å²) in [5.41, 5.74) is 9.87. The van der Waals surface area contributed by atoms with Crippen molar-refractivity contribution < 1.29 is 18.9 Å². The van der Waals surface area contributed by atoms with Crippen LogP contribution in [0, 0.1) is 39.2 Å². The van der Waals surface area contributed by atoms with Crippen molar-refractivity contribution >= 4 is 34.8 Å². The Morgan fingerprint density at radius 2 is 1.72 bits per heavy atom. The van der Waals surface area contributed by atoms with Gasteiger partial charge >= 0.3 is 0 Å². The second-order valence-electron chi connectivity index (χ2n) is 15.5. The van der Waals surface area contributed by atoms with Gasteiger partial charge in [0.1, 0.15) is 11.8 Å². The molecule has 3 heterocycles. The first kappa shape index (κ1) is 34.6. The largest absolute Gasteiger partial charge is 0.385 e. The van der Waals surface area contributed by atoms with Crippen LogP contribution < -0.4 is 15.5 Å². The van der Waals surface area contributed by atoms with Gasteiger partial charge < -0.3 is 24.5 Å². The minimum absolute atomic E-state index is 0.148. The zero-order chi connectivity index (χ0) is 36.9. The number of carbonyl (C=O) groups excluding carboxylic acids is 3. The first-order chi connectivity index (χ1) is 25.6. The third-order valence-corrected chi connectivity index (χ3v) is 12.0. The molecule has 2 aliphatic carbocycles. The smallest absolute Gasteiger partial charge is 0.258 e. The quantitative estimate of drug-likeness (QED) is 0.127. The van der Waals surface area contributed by atoms with Gasteiger partial charge in [-0.2, -0.15) is 0 Å². The number of hydrogen-bond donors (Lipinski definition) is 2. The summed E-state index contributed by atoms with van der Waals surface area (Å²) in [7, 11) is 0. The average molecular weight is 711 g/mol. The number of hydrogen-bond acceptors (Lipinski definition) is 7. The van der Waals surface area contributed by atoms with Gasteiger partial charge in [0.25, 0.3) is 11.4 Å². The molecule has 4 aromatic rings. The fourth-order valence-corrected chi connectivity index (χ4v) is 8.65. The van der Waals surface area contributed by atoms with Gasteiger partial charge in [-0.1, -0.05) is 17.3 Å². The van der Waals surface area contributed by atoms with Gasteiger partial charge in [0.15, 0.2) is 0 Å². The molecule has 3 amide bonds. The Morgan fingerprint density at radius 3 is 2.40 bits per heavy atom. The zero-order valence-corrected chi connectivity index (χ0v) is 30.7. The number of benzene rings is 3. The second-order valence-corrected chi connectivity index (χ2v) is 15.5. The maximum Gasteiger partial charge on any atom is 0.258 e. The van der Waals surface area contributed by atoms with Crippen molar-refractivity contribution in [2.45, 2.75) is 90.3 Å². The van der Waals surface area contributed by atoms with Crippen LogP contribution in [0.1, 0.15) is 89.9 Å². The number of imide groups is 1. The van der Waals surface area contributed by atoms with E-state index < -0.39 is 6.04 Å². The summed E-state index contributed by atoms with van der Waals surface area (Å²) in [6.45, 7) is 16.0. The highest BCUT2D eigenvalue weighted by Crippen LogP contribution is 2.50. The molecule has 2 aliphatic heterocycles. The topological polar surface area (TPSA) is 112 Å². The molecule has 1 atom stereocenters. The highest BCUT2D eigenvalue weighted by Gasteiger charge is 2.52. The minimum Gasteiger partial charge on any atom is -0.385 e. The zero-order valence-electron chi connectivity index (χ0n) is 30.7. The lowest BCUT2D eigenvalue weighted by Gasteiger charge is -2.35. The van der Waals surface area contributed by atoms with Crippen LogP contribution in [0.2, 0.25) is 0 Å². The maximum absolute atomic E-state index is 13.1. The number of fused-ring (bicyclic) bond motifs is 1. The van der Waals surface area contributed by atoms with E-state index in [1.807, 2.05) is 32.0 Å². The summed E-state index contributed by atoms with van der Waals surface area (Å²) in [4.78, 5) is 45.3. The standard InChI is InChI=1S/C43H46N6O4/c1-26-5-10-31(40-27(2)47-53-28(40)3)22-38(26)48(35-14-11-33(12-15-35)43(44-4)19-20-43)24-30-8-6-29(7-9-30)23-45-34-13-16-36-32(21-34)25-49(42(36)52)37-17-18-39(50)46-41(37)51/h5,10-16,21-22,29-30,37,45H,6-9,17-20,23-25H2,1-3H3,(H,46,50,51). The number of rotatable bonds is 10. The SMILES string of the molecule is [C-]#[N+]C1(c2ccc(N(CC3CCC(CNc4ccc5c(c4)CN(C4CCC(=O)NC4=O)C5=O)CC3)c3cc(-c4c(C)noc4C)ccc3C)cc2)CC1. The number of aromatic nitrogens is 1. The number of carbonyl (C=O) groups is 3. The molecule has 2 N–H and O–H groups in total. The van der Waals surface area contributed by atoms with Gasteiger partial charge in [-0.05, 0) is 130 Å². The summed E-state index contributed by atoms with van der Waals surface area (Å²) in [5, 5.41) is 10.2.